The Bertz CT molecular complexity index is 661. The van der Waals surface area contributed by atoms with Gasteiger partial charge in [0.25, 0.3) is 0 Å². The molecule has 0 aliphatic carbocycles. The van der Waals surface area contributed by atoms with Crippen molar-refractivity contribution in [3.8, 4) is 0 Å². The second-order valence-corrected chi connectivity index (χ2v) is 5.55. The predicted molar refractivity (Wildman–Crippen MR) is 69.1 cm³/mol. The van der Waals surface area contributed by atoms with Gasteiger partial charge in [-0.2, -0.15) is 0 Å². The van der Waals surface area contributed by atoms with E-state index in [1.807, 2.05) is 0 Å². The largest absolute Gasteiger partial charge is 0.219 e. The smallest absolute Gasteiger partial charge is 0.199 e. The molecule has 2 aromatic carbocycles. The second-order valence-electron chi connectivity index (χ2n) is 3.72. The van der Waals surface area contributed by atoms with E-state index in [0.717, 1.165) is 5.41 Å². The van der Waals surface area contributed by atoms with Crippen LogP contribution in [0.5, 0.6) is 0 Å². The normalized spacial score (nSPS) is 11.8. The maximum atomic E-state index is 12.9. The molecule has 2 aromatic rings. The molecule has 0 bridgehead atoms. The van der Waals surface area contributed by atoms with Crippen LogP contribution in [0, 0.1) is 5.82 Å². The van der Waals surface area contributed by atoms with Crippen LogP contribution in [-0.2, 0) is 9.84 Å². The Morgan fingerprint density at radius 1 is 0.944 bits per heavy atom. The highest BCUT2D eigenvalue weighted by Crippen LogP contribution is 2.13. The summed E-state index contributed by atoms with van der Waals surface area (Å²) in [5.74, 6) is -0.394. The number of sulfone groups is 1. The van der Waals surface area contributed by atoms with E-state index < -0.39 is 15.7 Å². The Hall–Kier alpha value is -1.94. The van der Waals surface area contributed by atoms with Gasteiger partial charge >= 0.3 is 0 Å². The van der Waals surface area contributed by atoms with Gasteiger partial charge in [-0.25, -0.2) is 12.8 Å². The molecule has 0 aromatic heterocycles. The maximum Gasteiger partial charge on any atom is 0.199 e. The Labute approximate surface area is 105 Å². The van der Waals surface area contributed by atoms with Crippen LogP contribution in [0.2, 0.25) is 0 Å². The summed E-state index contributed by atoms with van der Waals surface area (Å²) in [6.45, 7) is 0. The van der Waals surface area contributed by atoms with Gasteiger partial charge in [0.15, 0.2) is 9.84 Å². The highest BCUT2D eigenvalue weighted by molar-refractivity contribution is 7.94. The first-order valence-corrected chi connectivity index (χ1v) is 6.86. The fourth-order valence-corrected chi connectivity index (χ4v) is 2.50. The lowest BCUT2D eigenvalue weighted by Gasteiger charge is -1.98. The summed E-state index contributed by atoms with van der Waals surface area (Å²) in [4.78, 5) is 0.220. The third kappa shape index (κ3) is 3.05. The van der Waals surface area contributed by atoms with Crippen LogP contribution in [0.3, 0.4) is 0 Å². The summed E-state index contributed by atoms with van der Waals surface area (Å²) in [7, 11) is -3.47. The summed E-state index contributed by atoms with van der Waals surface area (Å²) in [5.41, 5.74) is 0.509. The van der Waals surface area contributed by atoms with Crippen molar-refractivity contribution in [1.82, 2.24) is 0 Å². The monoisotopic (exact) mass is 262 g/mol. The highest BCUT2D eigenvalue weighted by Gasteiger charge is 2.08. The van der Waals surface area contributed by atoms with E-state index in [0.29, 0.717) is 5.56 Å². The van der Waals surface area contributed by atoms with Crippen molar-refractivity contribution in [1.29, 1.82) is 0 Å². The molecule has 0 heterocycles. The molecule has 0 aliphatic heterocycles. The van der Waals surface area contributed by atoms with Crippen LogP contribution in [0.4, 0.5) is 4.39 Å². The maximum absolute atomic E-state index is 12.9. The molecule has 0 N–H and O–H groups in total. The summed E-state index contributed by atoms with van der Waals surface area (Å²) >= 11 is 0. The minimum atomic E-state index is -3.47. The molecular formula is C14H11FO2S. The molecule has 2 nitrogen and oxygen atoms in total. The molecule has 18 heavy (non-hydrogen) atoms. The summed E-state index contributed by atoms with van der Waals surface area (Å²) in [6, 6.07) is 13.8. The molecule has 0 atom stereocenters. The lowest BCUT2D eigenvalue weighted by Crippen LogP contribution is -1.95. The van der Waals surface area contributed by atoms with Crippen molar-refractivity contribution >= 4 is 15.9 Å². The van der Waals surface area contributed by atoms with Crippen molar-refractivity contribution < 1.29 is 12.8 Å². The molecule has 2 rings (SSSR count). The molecule has 0 saturated heterocycles. The van der Waals surface area contributed by atoms with Crippen LogP contribution < -0.4 is 0 Å². The zero-order valence-corrected chi connectivity index (χ0v) is 10.3. The molecule has 0 amide bonds. The zero-order chi connectivity index (χ0) is 13.0. The molecule has 0 fully saturated rings. The van der Waals surface area contributed by atoms with Crippen LogP contribution in [0.1, 0.15) is 5.56 Å². The molecule has 0 unspecified atom stereocenters. The van der Waals surface area contributed by atoms with E-state index in [2.05, 4.69) is 0 Å². The summed E-state index contributed by atoms with van der Waals surface area (Å²) in [5, 5.41) is 1.08. The Balaban J connectivity index is 2.29. The highest BCUT2D eigenvalue weighted by atomic mass is 32.2. The van der Waals surface area contributed by atoms with E-state index in [9.17, 15) is 12.8 Å². The predicted octanol–water partition coefficient (Wildman–Crippen LogP) is 3.27. The molecule has 0 spiro atoms. The number of hydrogen-bond donors (Lipinski definition) is 0. The van der Waals surface area contributed by atoms with Gasteiger partial charge in [0.2, 0.25) is 0 Å². The number of benzene rings is 2. The molecule has 0 aliphatic rings. The lowest BCUT2D eigenvalue weighted by molar-refractivity contribution is 0.604. The molecule has 0 saturated carbocycles. The minimum Gasteiger partial charge on any atom is -0.219 e. The number of rotatable bonds is 3. The van der Waals surface area contributed by atoms with Gasteiger partial charge in [-0.1, -0.05) is 30.3 Å². The molecule has 0 radical (unpaired) electrons. The lowest BCUT2D eigenvalue weighted by atomic mass is 10.2. The van der Waals surface area contributed by atoms with E-state index in [1.165, 1.54) is 36.4 Å². The topological polar surface area (TPSA) is 34.1 Å². The van der Waals surface area contributed by atoms with Gasteiger partial charge in [-0.05, 0) is 35.9 Å². The van der Waals surface area contributed by atoms with Crippen LogP contribution in [-0.4, -0.2) is 8.42 Å². The minimum absolute atomic E-state index is 0.220. The Kier molecular flexibility index (Phi) is 3.58. The number of hydrogen-bond acceptors (Lipinski definition) is 2. The van der Waals surface area contributed by atoms with Crippen molar-refractivity contribution in [3.05, 3.63) is 71.4 Å². The third-order valence-electron chi connectivity index (χ3n) is 2.36. The summed E-state index contributed by atoms with van der Waals surface area (Å²) < 4.78 is 36.7. The quantitative estimate of drug-likeness (QED) is 0.850. The van der Waals surface area contributed by atoms with Crippen molar-refractivity contribution in [3.63, 3.8) is 0 Å². The first-order chi connectivity index (χ1) is 8.58. The van der Waals surface area contributed by atoms with E-state index in [-0.39, 0.29) is 4.90 Å². The van der Waals surface area contributed by atoms with Crippen molar-refractivity contribution in [2.24, 2.45) is 0 Å². The molecule has 4 heteroatoms. The third-order valence-corrected chi connectivity index (χ3v) is 3.78. The standard InChI is InChI=1S/C14H11FO2S/c15-13-6-4-5-12(11-13)9-10-18(16,17)14-7-2-1-3-8-14/h1-11H/b10-9+. The van der Waals surface area contributed by atoms with Gasteiger partial charge in [0.05, 0.1) is 4.90 Å². The Morgan fingerprint density at radius 2 is 1.67 bits per heavy atom. The van der Waals surface area contributed by atoms with E-state index in [4.69, 9.17) is 0 Å². The first kappa shape index (κ1) is 12.5. The van der Waals surface area contributed by atoms with Gasteiger partial charge in [-0.15, -0.1) is 0 Å². The van der Waals surface area contributed by atoms with Gasteiger partial charge in [0, 0.05) is 5.41 Å². The average molecular weight is 262 g/mol. The van der Waals surface area contributed by atoms with Crippen LogP contribution in [0.15, 0.2) is 64.9 Å². The molecular weight excluding hydrogens is 251 g/mol. The summed E-state index contributed by atoms with van der Waals surface area (Å²) in [6.07, 6.45) is 1.38. The van der Waals surface area contributed by atoms with Crippen LogP contribution >= 0.6 is 0 Å². The zero-order valence-electron chi connectivity index (χ0n) is 9.45. The fourth-order valence-electron chi connectivity index (χ4n) is 1.47. The average Bonchev–Trinajstić information content (AvgIpc) is 2.38. The molecule has 92 valence electrons. The fraction of sp³-hybridized carbons (Fsp3) is 0. The Morgan fingerprint density at radius 3 is 2.33 bits per heavy atom. The second kappa shape index (κ2) is 5.14. The first-order valence-electron chi connectivity index (χ1n) is 5.32. The van der Waals surface area contributed by atoms with Gasteiger partial charge in [-0.3, -0.25) is 0 Å². The van der Waals surface area contributed by atoms with E-state index >= 15 is 0 Å². The van der Waals surface area contributed by atoms with Crippen molar-refractivity contribution in [2.75, 3.05) is 0 Å². The van der Waals surface area contributed by atoms with Crippen LogP contribution in [0.25, 0.3) is 6.08 Å². The van der Waals surface area contributed by atoms with Gasteiger partial charge in [0.1, 0.15) is 5.82 Å². The van der Waals surface area contributed by atoms with Gasteiger partial charge < -0.3 is 0 Å². The van der Waals surface area contributed by atoms with E-state index in [1.54, 1.807) is 24.3 Å². The SMILES string of the molecule is O=S(=O)(/C=C/c1cccc(F)c1)c1ccccc1. The van der Waals surface area contributed by atoms with Crippen molar-refractivity contribution in [2.45, 2.75) is 4.90 Å². The number of halogens is 1.